The summed E-state index contributed by atoms with van der Waals surface area (Å²) in [5.74, 6) is -1.08. The lowest BCUT2D eigenvalue weighted by Gasteiger charge is -2.13. The Balaban J connectivity index is 1.99. The zero-order valence-corrected chi connectivity index (χ0v) is 18.4. The zero-order chi connectivity index (χ0) is 23.3. The van der Waals surface area contributed by atoms with Crippen molar-refractivity contribution in [1.82, 2.24) is 10.7 Å². The van der Waals surface area contributed by atoms with Crippen LogP contribution in [-0.4, -0.2) is 43.7 Å². The topological polar surface area (TPSA) is 118 Å². The number of ether oxygens (including phenoxy) is 2. The first-order valence-electron chi connectivity index (χ1n) is 10.4. The predicted molar refractivity (Wildman–Crippen MR) is 122 cm³/mol. The van der Waals surface area contributed by atoms with Crippen LogP contribution in [0.2, 0.25) is 0 Å². The van der Waals surface area contributed by atoms with Gasteiger partial charge in [-0.1, -0.05) is 25.1 Å². The second-order valence-corrected chi connectivity index (χ2v) is 6.55. The number of amides is 3. The molecule has 0 fully saturated rings. The number of para-hydroxylation sites is 1. The smallest absolute Gasteiger partial charge is 0.329 e. The molecule has 3 N–H and O–H groups in total. The Hall–Kier alpha value is -3.88. The summed E-state index contributed by atoms with van der Waals surface area (Å²) >= 11 is 0. The van der Waals surface area contributed by atoms with E-state index in [1.807, 2.05) is 38.1 Å². The molecule has 0 unspecified atom stereocenters. The van der Waals surface area contributed by atoms with Crippen LogP contribution in [0.3, 0.4) is 0 Å². The summed E-state index contributed by atoms with van der Waals surface area (Å²) in [7, 11) is 0. The van der Waals surface area contributed by atoms with E-state index in [0.29, 0.717) is 30.2 Å². The summed E-state index contributed by atoms with van der Waals surface area (Å²) in [4.78, 5) is 35.3. The molecule has 0 aliphatic rings. The highest BCUT2D eigenvalue weighted by molar-refractivity contribution is 6.35. The number of carbonyl (C=O) groups excluding carboxylic acids is 3. The van der Waals surface area contributed by atoms with E-state index < -0.39 is 11.8 Å². The number of nitrogens with one attached hydrogen (secondary N) is 3. The number of hydrogen-bond acceptors (Lipinski definition) is 6. The van der Waals surface area contributed by atoms with Gasteiger partial charge in [-0.3, -0.25) is 14.4 Å². The molecule has 0 heterocycles. The molecule has 0 bridgehead atoms. The summed E-state index contributed by atoms with van der Waals surface area (Å²) in [6.07, 6.45) is 2.18. The normalized spacial score (nSPS) is 10.5. The minimum atomic E-state index is -0.858. The Labute approximate surface area is 187 Å². The SMILES string of the molecule is CCNC(=O)C(=O)N/N=C\c1ccc(OCC(=O)Nc2ccccc2CC)c(OCC)c1. The molecule has 9 nitrogen and oxygen atoms in total. The Morgan fingerprint density at radius 2 is 1.75 bits per heavy atom. The van der Waals surface area contributed by atoms with Gasteiger partial charge in [0.2, 0.25) is 0 Å². The largest absolute Gasteiger partial charge is 0.490 e. The van der Waals surface area contributed by atoms with Gasteiger partial charge in [0.25, 0.3) is 5.91 Å². The van der Waals surface area contributed by atoms with Gasteiger partial charge in [-0.25, -0.2) is 5.43 Å². The van der Waals surface area contributed by atoms with E-state index in [-0.39, 0.29) is 12.5 Å². The van der Waals surface area contributed by atoms with Gasteiger partial charge in [-0.05, 0) is 55.7 Å². The van der Waals surface area contributed by atoms with Crippen LogP contribution in [0.1, 0.15) is 31.9 Å². The highest BCUT2D eigenvalue weighted by Crippen LogP contribution is 2.28. The van der Waals surface area contributed by atoms with Gasteiger partial charge in [0, 0.05) is 12.2 Å². The Bertz CT molecular complexity index is 975. The first kappa shape index (κ1) is 24.4. The average molecular weight is 441 g/mol. The Morgan fingerprint density at radius 1 is 0.969 bits per heavy atom. The fourth-order valence-corrected chi connectivity index (χ4v) is 2.73. The van der Waals surface area contributed by atoms with E-state index in [1.54, 1.807) is 25.1 Å². The number of nitrogens with zero attached hydrogens (tertiary/aromatic N) is 1. The molecule has 170 valence electrons. The van der Waals surface area contributed by atoms with E-state index in [4.69, 9.17) is 9.47 Å². The number of aryl methyl sites for hydroxylation is 1. The van der Waals surface area contributed by atoms with Crippen LogP contribution in [-0.2, 0) is 20.8 Å². The Morgan fingerprint density at radius 3 is 2.47 bits per heavy atom. The maximum absolute atomic E-state index is 12.3. The van der Waals surface area contributed by atoms with Gasteiger partial charge in [0.1, 0.15) is 0 Å². The van der Waals surface area contributed by atoms with Crippen LogP contribution in [0.5, 0.6) is 11.5 Å². The highest BCUT2D eigenvalue weighted by atomic mass is 16.5. The number of anilines is 1. The predicted octanol–water partition coefficient (Wildman–Crippen LogP) is 2.25. The average Bonchev–Trinajstić information content (AvgIpc) is 2.79. The lowest BCUT2D eigenvalue weighted by molar-refractivity contribution is -0.139. The summed E-state index contributed by atoms with van der Waals surface area (Å²) in [6, 6.07) is 12.6. The second kappa shape index (κ2) is 12.7. The lowest BCUT2D eigenvalue weighted by atomic mass is 10.1. The number of hydrogen-bond donors (Lipinski definition) is 3. The van der Waals surface area contributed by atoms with Crippen LogP contribution < -0.4 is 25.5 Å². The van der Waals surface area contributed by atoms with E-state index >= 15 is 0 Å². The third kappa shape index (κ3) is 7.42. The van der Waals surface area contributed by atoms with Crippen molar-refractivity contribution >= 4 is 29.6 Å². The third-order valence-electron chi connectivity index (χ3n) is 4.22. The maximum atomic E-state index is 12.3. The molecule has 3 amide bonds. The van der Waals surface area contributed by atoms with Crippen molar-refractivity contribution in [1.29, 1.82) is 0 Å². The minimum Gasteiger partial charge on any atom is -0.490 e. The quantitative estimate of drug-likeness (QED) is 0.298. The van der Waals surface area contributed by atoms with Crippen molar-refractivity contribution in [3.8, 4) is 11.5 Å². The molecule has 0 aliphatic heterocycles. The third-order valence-corrected chi connectivity index (χ3v) is 4.22. The number of likely N-dealkylation sites (N-methyl/N-ethyl adjacent to an activating group) is 1. The molecule has 9 heteroatoms. The number of carbonyl (C=O) groups is 3. The fourth-order valence-electron chi connectivity index (χ4n) is 2.73. The summed E-state index contributed by atoms with van der Waals surface area (Å²) < 4.78 is 11.2. The lowest BCUT2D eigenvalue weighted by Crippen LogP contribution is -2.37. The molecule has 0 saturated heterocycles. The van der Waals surface area contributed by atoms with Gasteiger partial charge in [0.05, 0.1) is 12.8 Å². The van der Waals surface area contributed by atoms with Crippen molar-refractivity contribution in [3.05, 3.63) is 53.6 Å². The fraction of sp³-hybridized carbons (Fsp3) is 0.304. The van der Waals surface area contributed by atoms with E-state index in [1.165, 1.54) is 6.21 Å². The number of hydrazone groups is 1. The summed E-state index contributed by atoms with van der Waals surface area (Å²) in [6.45, 7) is 6.10. The maximum Gasteiger partial charge on any atom is 0.329 e. The first-order chi connectivity index (χ1) is 15.5. The van der Waals surface area contributed by atoms with Crippen LogP contribution in [0.4, 0.5) is 5.69 Å². The van der Waals surface area contributed by atoms with Gasteiger partial charge in [0.15, 0.2) is 18.1 Å². The molecule has 0 saturated carbocycles. The van der Waals surface area contributed by atoms with E-state index in [2.05, 4.69) is 21.2 Å². The molecule has 0 spiro atoms. The first-order valence-corrected chi connectivity index (χ1v) is 10.4. The van der Waals surface area contributed by atoms with Gasteiger partial charge in [-0.2, -0.15) is 5.10 Å². The van der Waals surface area contributed by atoms with Crippen LogP contribution in [0.25, 0.3) is 0 Å². The molecule has 0 aromatic heterocycles. The monoisotopic (exact) mass is 440 g/mol. The number of rotatable bonds is 10. The van der Waals surface area contributed by atoms with E-state index in [9.17, 15) is 14.4 Å². The molecule has 0 radical (unpaired) electrons. The van der Waals surface area contributed by atoms with Crippen LogP contribution in [0, 0.1) is 0 Å². The van der Waals surface area contributed by atoms with Gasteiger partial charge in [-0.15, -0.1) is 0 Å². The van der Waals surface area contributed by atoms with Crippen molar-refractivity contribution in [2.45, 2.75) is 27.2 Å². The van der Waals surface area contributed by atoms with Gasteiger partial charge < -0.3 is 20.1 Å². The summed E-state index contributed by atoms with van der Waals surface area (Å²) in [5.41, 5.74) is 4.56. The van der Waals surface area contributed by atoms with Crippen LogP contribution in [0.15, 0.2) is 47.6 Å². The standard InChI is InChI=1S/C23H28N4O5/c1-4-17-9-7-8-10-18(17)26-21(28)15-32-19-12-11-16(13-20(19)31-6-3)14-25-27-23(30)22(29)24-5-2/h7-14H,4-6,15H2,1-3H3,(H,24,29)(H,26,28)(H,27,30)/b25-14-. The highest BCUT2D eigenvalue weighted by Gasteiger charge is 2.12. The zero-order valence-electron chi connectivity index (χ0n) is 18.4. The molecule has 2 aromatic carbocycles. The summed E-state index contributed by atoms with van der Waals surface area (Å²) in [5, 5.41) is 9.00. The van der Waals surface area contributed by atoms with Crippen molar-refractivity contribution < 1.29 is 23.9 Å². The molecule has 0 atom stereocenters. The van der Waals surface area contributed by atoms with Crippen molar-refractivity contribution in [2.24, 2.45) is 5.10 Å². The molecule has 0 aliphatic carbocycles. The van der Waals surface area contributed by atoms with Crippen LogP contribution >= 0.6 is 0 Å². The van der Waals surface area contributed by atoms with Crippen molar-refractivity contribution in [3.63, 3.8) is 0 Å². The molecule has 2 aromatic rings. The Kier molecular flexibility index (Phi) is 9.70. The van der Waals surface area contributed by atoms with Crippen molar-refractivity contribution in [2.75, 3.05) is 25.1 Å². The molecular formula is C23H28N4O5. The molecule has 2 rings (SSSR count). The second-order valence-electron chi connectivity index (χ2n) is 6.55. The van der Waals surface area contributed by atoms with E-state index in [0.717, 1.165) is 17.7 Å². The molecule has 32 heavy (non-hydrogen) atoms. The minimum absolute atomic E-state index is 0.186. The molecular weight excluding hydrogens is 412 g/mol. The number of benzene rings is 2. The van der Waals surface area contributed by atoms with Gasteiger partial charge >= 0.3 is 11.8 Å².